The van der Waals surface area contributed by atoms with Gasteiger partial charge in [0.1, 0.15) is 17.4 Å². The Morgan fingerprint density at radius 2 is 1.96 bits per heavy atom. The number of amides is 1. The van der Waals surface area contributed by atoms with Crippen molar-refractivity contribution in [1.82, 2.24) is 10.0 Å². The number of nitrogens with one attached hydrogen (secondary N) is 2. The Morgan fingerprint density at radius 1 is 1.26 bits per heavy atom. The van der Waals surface area contributed by atoms with Crippen LogP contribution in [0.5, 0.6) is 0 Å². The first-order valence-corrected chi connectivity index (χ1v) is 9.36. The van der Waals surface area contributed by atoms with Gasteiger partial charge in [-0.25, -0.2) is 13.1 Å². The van der Waals surface area contributed by atoms with Gasteiger partial charge in [0, 0.05) is 5.39 Å². The molecule has 6 nitrogen and oxygen atoms in total. The maximum Gasteiger partial charge on any atom is 0.238 e. The highest BCUT2D eigenvalue weighted by Gasteiger charge is 2.23. The summed E-state index contributed by atoms with van der Waals surface area (Å²) in [5.74, 6) is 0.456. The molecule has 0 aliphatic heterocycles. The lowest BCUT2D eigenvalue weighted by atomic mass is 10.0. The van der Waals surface area contributed by atoms with Gasteiger partial charge in [-0.05, 0) is 24.5 Å². The molecule has 126 valence electrons. The molecule has 0 radical (unpaired) electrons. The number of hydrogen-bond donors (Lipinski definition) is 2. The summed E-state index contributed by atoms with van der Waals surface area (Å²) >= 11 is 0. The van der Waals surface area contributed by atoms with E-state index >= 15 is 0 Å². The van der Waals surface area contributed by atoms with Gasteiger partial charge in [0.2, 0.25) is 15.9 Å². The number of furan rings is 1. The second kappa shape index (κ2) is 7.14. The monoisotopic (exact) mass is 338 g/mol. The van der Waals surface area contributed by atoms with Gasteiger partial charge in [-0.2, -0.15) is 0 Å². The van der Waals surface area contributed by atoms with E-state index in [0.29, 0.717) is 12.2 Å². The number of rotatable bonds is 7. The third-order valence-electron chi connectivity index (χ3n) is 3.29. The summed E-state index contributed by atoms with van der Waals surface area (Å²) in [6.07, 6.45) is 1.48. The van der Waals surface area contributed by atoms with Crippen LogP contribution in [-0.4, -0.2) is 26.6 Å². The van der Waals surface area contributed by atoms with E-state index in [4.69, 9.17) is 4.42 Å². The van der Waals surface area contributed by atoms with Crippen LogP contribution in [0, 0.1) is 5.92 Å². The lowest BCUT2D eigenvalue weighted by Crippen LogP contribution is -2.46. The Hall–Kier alpha value is -1.86. The van der Waals surface area contributed by atoms with E-state index in [0.717, 1.165) is 17.2 Å². The topological polar surface area (TPSA) is 88.4 Å². The molecule has 23 heavy (non-hydrogen) atoms. The molecule has 1 aromatic heterocycles. The molecule has 1 unspecified atom stereocenters. The molecule has 1 amide bonds. The lowest BCUT2D eigenvalue weighted by molar-refractivity contribution is -0.123. The van der Waals surface area contributed by atoms with Gasteiger partial charge in [-0.3, -0.25) is 4.79 Å². The summed E-state index contributed by atoms with van der Waals surface area (Å²) in [6, 6.07) is 8.65. The second-order valence-electron chi connectivity index (χ2n) is 6.04. The highest BCUT2D eigenvalue weighted by atomic mass is 32.2. The van der Waals surface area contributed by atoms with E-state index < -0.39 is 16.1 Å². The normalized spacial score (nSPS) is 13.4. The molecule has 2 N–H and O–H groups in total. The Morgan fingerprint density at radius 3 is 2.57 bits per heavy atom. The van der Waals surface area contributed by atoms with E-state index in [2.05, 4.69) is 10.0 Å². The number of para-hydroxylation sites is 1. The van der Waals surface area contributed by atoms with E-state index in [9.17, 15) is 13.2 Å². The van der Waals surface area contributed by atoms with Crippen molar-refractivity contribution < 1.29 is 17.6 Å². The van der Waals surface area contributed by atoms with Crippen molar-refractivity contribution in [3.63, 3.8) is 0 Å². The Labute approximate surface area is 136 Å². The molecule has 0 bridgehead atoms. The van der Waals surface area contributed by atoms with Gasteiger partial charge < -0.3 is 9.73 Å². The summed E-state index contributed by atoms with van der Waals surface area (Å²) in [5, 5.41) is 3.69. The quantitative estimate of drug-likeness (QED) is 0.808. The van der Waals surface area contributed by atoms with Crippen LogP contribution >= 0.6 is 0 Å². The predicted molar refractivity (Wildman–Crippen MR) is 89.3 cm³/mol. The average Bonchev–Trinajstić information content (AvgIpc) is 2.84. The summed E-state index contributed by atoms with van der Waals surface area (Å²) in [4.78, 5) is 12.3. The minimum Gasteiger partial charge on any atom is -0.459 e. The number of fused-ring (bicyclic) bond motifs is 1. The van der Waals surface area contributed by atoms with Crippen LogP contribution in [0.2, 0.25) is 0 Å². The van der Waals surface area contributed by atoms with Crippen molar-refractivity contribution in [3.05, 3.63) is 36.1 Å². The van der Waals surface area contributed by atoms with Gasteiger partial charge in [-0.15, -0.1) is 0 Å². The molecule has 1 aromatic carbocycles. The first-order chi connectivity index (χ1) is 10.7. The average molecular weight is 338 g/mol. The Kier molecular flexibility index (Phi) is 5.43. The van der Waals surface area contributed by atoms with Crippen molar-refractivity contribution in [1.29, 1.82) is 0 Å². The van der Waals surface area contributed by atoms with Crippen molar-refractivity contribution in [3.8, 4) is 0 Å². The van der Waals surface area contributed by atoms with Crippen LogP contribution in [0.15, 0.2) is 34.7 Å². The fraction of sp³-hybridized carbons (Fsp3) is 0.438. The van der Waals surface area contributed by atoms with E-state index in [1.165, 1.54) is 0 Å². The zero-order valence-electron chi connectivity index (χ0n) is 13.5. The predicted octanol–water partition coefficient (Wildman–Crippen LogP) is 2.01. The molecule has 0 aliphatic carbocycles. The van der Waals surface area contributed by atoms with Gasteiger partial charge in [0.15, 0.2) is 0 Å². The second-order valence-corrected chi connectivity index (χ2v) is 7.82. The minimum atomic E-state index is -3.45. The van der Waals surface area contributed by atoms with Crippen molar-refractivity contribution >= 4 is 26.9 Å². The van der Waals surface area contributed by atoms with Crippen LogP contribution in [-0.2, 0) is 21.4 Å². The van der Waals surface area contributed by atoms with E-state index in [1.807, 2.05) is 44.2 Å². The SMILES string of the molecule is CC(C)CC(NS(C)(=O)=O)C(=O)NCc1cc2ccccc2o1. The number of carbonyl (C=O) groups excluding carboxylic acids is 1. The molecule has 2 aromatic rings. The minimum absolute atomic E-state index is 0.186. The van der Waals surface area contributed by atoms with Crippen molar-refractivity contribution in [2.75, 3.05) is 6.26 Å². The van der Waals surface area contributed by atoms with Crippen LogP contribution < -0.4 is 10.0 Å². The Bertz CT molecular complexity index is 747. The molecule has 0 fully saturated rings. The molecule has 0 spiro atoms. The van der Waals surface area contributed by atoms with Gasteiger partial charge >= 0.3 is 0 Å². The highest BCUT2D eigenvalue weighted by molar-refractivity contribution is 7.88. The molecule has 0 aliphatic rings. The van der Waals surface area contributed by atoms with Crippen LogP contribution in [0.25, 0.3) is 11.0 Å². The van der Waals surface area contributed by atoms with Crippen LogP contribution in [0.3, 0.4) is 0 Å². The van der Waals surface area contributed by atoms with Gasteiger partial charge in [0.05, 0.1) is 12.8 Å². The first-order valence-electron chi connectivity index (χ1n) is 7.47. The highest BCUT2D eigenvalue weighted by Crippen LogP contribution is 2.18. The van der Waals surface area contributed by atoms with Gasteiger partial charge in [-0.1, -0.05) is 32.0 Å². The zero-order chi connectivity index (χ0) is 17.0. The summed E-state index contributed by atoms with van der Waals surface area (Å²) in [7, 11) is -3.45. The van der Waals surface area contributed by atoms with E-state index in [1.54, 1.807) is 0 Å². The van der Waals surface area contributed by atoms with Gasteiger partial charge in [0.25, 0.3) is 0 Å². The molecule has 1 heterocycles. The van der Waals surface area contributed by atoms with Crippen molar-refractivity contribution in [2.24, 2.45) is 5.92 Å². The van der Waals surface area contributed by atoms with Crippen LogP contribution in [0.1, 0.15) is 26.0 Å². The Balaban J connectivity index is 2.02. The third kappa shape index (κ3) is 5.37. The third-order valence-corrected chi connectivity index (χ3v) is 4.01. The molecule has 0 saturated heterocycles. The molecule has 2 rings (SSSR count). The summed E-state index contributed by atoms with van der Waals surface area (Å²) in [6.45, 7) is 4.08. The van der Waals surface area contributed by atoms with E-state index in [-0.39, 0.29) is 18.4 Å². The fourth-order valence-corrected chi connectivity index (χ4v) is 3.08. The zero-order valence-corrected chi connectivity index (χ0v) is 14.3. The molecule has 0 saturated carbocycles. The maximum atomic E-state index is 12.3. The fourth-order valence-electron chi connectivity index (χ4n) is 2.36. The standard InChI is InChI=1S/C16H22N2O4S/c1-11(2)8-14(18-23(3,20)21)16(19)17-10-13-9-12-6-4-5-7-15(12)22-13/h4-7,9,11,14,18H,8,10H2,1-3H3,(H,17,19). The number of carbonyl (C=O) groups is 1. The molecular formula is C16H22N2O4S. The molecule has 1 atom stereocenters. The largest absolute Gasteiger partial charge is 0.459 e. The lowest BCUT2D eigenvalue weighted by Gasteiger charge is -2.18. The van der Waals surface area contributed by atoms with Crippen LogP contribution in [0.4, 0.5) is 0 Å². The molecule has 7 heteroatoms. The summed E-state index contributed by atoms with van der Waals surface area (Å²) < 4.78 is 30.8. The maximum absolute atomic E-state index is 12.3. The number of sulfonamides is 1. The number of hydrogen-bond acceptors (Lipinski definition) is 4. The summed E-state index contributed by atoms with van der Waals surface area (Å²) in [5.41, 5.74) is 0.754. The first kappa shape index (κ1) is 17.5. The van der Waals surface area contributed by atoms with Crippen molar-refractivity contribution in [2.45, 2.75) is 32.9 Å². The molecular weight excluding hydrogens is 316 g/mol. The number of benzene rings is 1. The smallest absolute Gasteiger partial charge is 0.238 e.